The number of ether oxygens (including phenoxy) is 1. The van der Waals surface area contributed by atoms with Crippen molar-refractivity contribution < 1.29 is 19.1 Å². The lowest BCUT2D eigenvalue weighted by Gasteiger charge is -2.35. The third-order valence-corrected chi connectivity index (χ3v) is 5.37. The van der Waals surface area contributed by atoms with Crippen molar-refractivity contribution in [2.45, 2.75) is 58.1 Å². The molecule has 0 aromatic heterocycles. The summed E-state index contributed by atoms with van der Waals surface area (Å²) < 4.78 is 5.82. The second-order valence-electron chi connectivity index (χ2n) is 8.90. The van der Waals surface area contributed by atoms with Crippen LogP contribution in [0.1, 0.15) is 46.1 Å². The number of carbonyl (C=O) groups is 3. The van der Waals surface area contributed by atoms with Crippen molar-refractivity contribution in [2.75, 3.05) is 26.2 Å². The normalized spacial score (nSPS) is 18.2. The van der Waals surface area contributed by atoms with Gasteiger partial charge in [0.2, 0.25) is 0 Å². The van der Waals surface area contributed by atoms with E-state index in [1.54, 1.807) is 11.8 Å². The Morgan fingerprint density at radius 3 is 2.07 bits per heavy atom. The van der Waals surface area contributed by atoms with E-state index >= 15 is 0 Å². The molecule has 1 heterocycles. The number of hydrogen-bond donors (Lipinski definition) is 1. The molecule has 2 fully saturated rings. The lowest BCUT2D eigenvalue weighted by atomic mass is 9.87. The van der Waals surface area contributed by atoms with Crippen molar-refractivity contribution in [3.63, 3.8) is 0 Å². The first-order chi connectivity index (χ1) is 13.6. The molecule has 0 radical (unpaired) electrons. The van der Waals surface area contributed by atoms with Crippen LogP contribution in [0.3, 0.4) is 0 Å². The molecule has 0 bridgehead atoms. The summed E-state index contributed by atoms with van der Waals surface area (Å²) in [6.07, 6.45) is 1.27. The number of carbonyl (C=O) groups excluding carboxylic acids is 3. The van der Waals surface area contributed by atoms with E-state index in [4.69, 9.17) is 4.74 Å². The van der Waals surface area contributed by atoms with Gasteiger partial charge in [0.05, 0.1) is 0 Å². The van der Waals surface area contributed by atoms with Gasteiger partial charge in [0.15, 0.2) is 6.10 Å². The van der Waals surface area contributed by atoms with Crippen molar-refractivity contribution in [1.82, 2.24) is 15.1 Å². The summed E-state index contributed by atoms with van der Waals surface area (Å²) >= 11 is 0. The Hall–Kier alpha value is -2.57. The molecule has 0 spiro atoms. The van der Waals surface area contributed by atoms with Crippen molar-refractivity contribution >= 4 is 17.7 Å². The number of nitrogens with one attached hydrogen (secondary N) is 1. The second kappa shape index (κ2) is 8.43. The summed E-state index contributed by atoms with van der Waals surface area (Å²) in [5.41, 5.74) is 1.27. The molecule has 7 nitrogen and oxygen atoms in total. The van der Waals surface area contributed by atoms with Crippen LogP contribution in [-0.2, 0) is 19.8 Å². The molecule has 1 saturated carbocycles. The van der Waals surface area contributed by atoms with E-state index in [0.29, 0.717) is 31.9 Å². The van der Waals surface area contributed by atoms with Crippen LogP contribution in [0.5, 0.6) is 5.75 Å². The van der Waals surface area contributed by atoms with E-state index in [1.165, 1.54) is 10.5 Å². The zero-order valence-corrected chi connectivity index (χ0v) is 17.7. The molecule has 3 rings (SSSR count). The molecule has 1 aromatic carbocycles. The molecule has 1 saturated heterocycles. The zero-order valence-electron chi connectivity index (χ0n) is 17.7. The SMILES string of the molecule is CC(Oc1ccc(C(C)(C)C)cc1)C(=O)N1CCN(C(=O)C(=O)NC2CC2)CC1. The Morgan fingerprint density at radius 1 is 1.00 bits per heavy atom. The van der Waals surface area contributed by atoms with Gasteiger partial charge in [-0.1, -0.05) is 32.9 Å². The molecule has 1 aromatic rings. The molecule has 1 unspecified atom stereocenters. The molecule has 158 valence electrons. The van der Waals surface area contributed by atoms with Crippen LogP contribution in [-0.4, -0.2) is 65.8 Å². The molecule has 7 heteroatoms. The van der Waals surface area contributed by atoms with Crippen molar-refractivity contribution in [1.29, 1.82) is 0 Å². The molecule has 3 amide bonds. The predicted molar refractivity (Wildman–Crippen MR) is 110 cm³/mol. The minimum Gasteiger partial charge on any atom is -0.481 e. The van der Waals surface area contributed by atoms with E-state index in [-0.39, 0.29) is 17.4 Å². The van der Waals surface area contributed by atoms with E-state index in [1.807, 2.05) is 24.3 Å². The van der Waals surface area contributed by atoms with Crippen LogP contribution >= 0.6 is 0 Å². The Kier molecular flexibility index (Phi) is 6.15. The van der Waals surface area contributed by atoms with Gasteiger partial charge < -0.3 is 19.9 Å². The topological polar surface area (TPSA) is 79.0 Å². The van der Waals surface area contributed by atoms with Gasteiger partial charge in [-0.25, -0.2) is 0 Å². The van der Waals surface area contributed by atoms with Crippen LogP contribution in [0.4, 0.5) is 0 Å². The molecule has 1 aliphatic heterocycles. The number of rotatable bonds is 4. The first-order valence-electron chi connectivity index (χ1n) is 10.3. The van der Waals surface area contributed by atoms with E-state index in [0.717, 1.165) is 12.8 Å². The maximum Gasteiger partial charge on any atom is 0.312 e. The fourth-order valence-corrected chi connectivity index (χ4v) is 3.29. The molecule has 1 N–H and O–H groups in total. The number of nitrogens with zero attached hydrogens (tertiary/aromatic N) is 2. The maximum atomic E-state index is 12.7. The average Bonchev–Trinajstić information content (AvgIpc) is 3.50. The summed E-state index contributed by atoms with van der Waals surface area (Å²) in [5, 5.41) is 2.71. The van der Waals surface area contributed by atoms with Gasteiger partial charge >= 0.3 is 11.8 Å². The smallest absolute Gasteiger partial charge is 0.312 e. The summed E-state index contributed by atoms with van der Waals surface area (Å²) in [4.78, 5) is 40.0. The number of benzene rings is 1. The fourth-order valence-electron chi connectivity index (χ4n) is 3.29. The van der Waals surface area contributed by atoms with Crippen LogP contribution < -0.4 is 10.1 Å². The zero-order chi connectivity index (χ0) is 21.2. The first kappa shape index (κ1) is 21.1. The van der Waals surface area contributed by atoms with Crippen LogP contribution in [0, 0.1) is 0 Å². The Morgan fingerprint density at radius 2 is 1.55 bits per heavy atom. The number of hydrogen-bond acceptors (Lipinski definition) is 4. The summed E-state index contributed by atoms with van der Waals surface area (Å²) in [6.45, 7) is 9.70. The minimum absolute atomic E-state index is 0.0621. The highest BCUT2D eigenvalue weighted by Gasteiger charge is 2.32. The standard InChI is InChI=1S/C22H31N3O4/c1-15(29-18-9-5-16(6-10-18)22(2,3)4)20(27)24-11-13-25(14-12-24)21(28)19(26)23-17-7-8-17/h5-6,9-10,15,17H,7-8,11-14H2,1-4H3,(H,23,26). The molecular formula is C22H31N3O4. The summed E-state index contributed by atoms with van der Waals surface area (Å²) in [6, 6.07) is 7.97. The minimum atomic E-state index is -0.615. The van der Waals surface area contributed by atoms with Crippen LogP contribution in [0.25, 0.3) is 0 Å². The van der Waals surface area contributed by atoms with E-state index < -0.39 is 17.9 Å². The average molecular weight is 402 g/mol. The van der Waals surface area contributed by atoms with E-state index in [9.17, 15) is 14.4 Å². The van der Waals surface area contributed by atoms with Gasteiger partial charge in [-0.05, 0) is 42.9 Å². The number of amides is 3. The van der Waals surface area contributed by atoms with Crippen molar-refractivity contribution in [3.8, 4) is 5.75 Å². The third kappa shape index (κ3) is 5.49. The second-order valence-corrected chi connectivity index (χ2v) is 8.90. The van der Waals surface area contributed by atoms with Crippen molar-refractivity contribution in [3.05, 3.63) is 29.8 Å². The first-order valence-corrected chi connectivity index (χ1v) is 10.3. The monoisotopic (exact) mass is 401 g/mol. The molecular weight excluding hydrogens is 370 g/mol. The highest BCUT2D eigenvalue weighted by molar-refractivity contribution is 6.35. The van der Waals surface area contributed by atoms with Crippen LogP contribution in [0.15, 0.2) is 24.3 Å². The largest absolute Gasteiger partial charge is 0.481 e. The highest BCUT2D eigenvalue weighted by atomic mass is 16.5. The van der Waals surface area contributed by atoms with Crippen LogP contribution in [0.2, 0.25) is 0 Å². The lowest BCUT2D eigenvalue weighted by Crippen LogP contribution is -2.55. The summed E-state index contributed by atoms with van der Waals surface area (Å²) in [5.74, 6) is -0.501. The maximum absolute atomic E-state index is 12.7. The quantitative estimate of drug-likeness (QED) is 0.779. The number of piperazine rings is 1. The van der Waals surface area contributed by atoms with Gasteiger partial charge in [0.25, 0.3) is 5.91 Å². The highest BCUT2D eigenvalue weighted by Crippen LogP contribution is 2.25. The fraction of sp³-hybridized carbons (Fsp3) is 0.591. The Labute approximate surface area is 172 Å². The molecule has 2 aliphatic rings. The Balaban J connectivity index is 1.48. The summed E-state index contributed by atoms with van der Waals surface area (Å²) in [7, 11) is 0. The molecule has 1 aliphatic carbocycles. The van der Waals surface area contributed by atoms with Gasteiger partial charge in [-0.3, -0.25) is 14.4 Å². The Bertz CT molecular complexity index is 757. The molecule has 1 atom stereocenters. The van der Waals surface area contributed by atoms with Gasteiger partial charge in [-0.15, -0.1) is 0 Å². The van der Waals surface area contributed by atoms with Gasteiger partial charge in [-0.2, -0.15) is 0 Å². The predicted octanol–water partition coefficient (Wildman–Crippen LogP) is 1.70. The molecule has 29 heavy (non-hydrogen) atoms. The lowest BCUT2D eigenvalue weighted by molar-refractivity contribution is -0.149. The van der Waals surface area contributed by atoms with Gasteiger partial charge in [0.1, 0.15) is 5.75 Å². The van der Waals surface area contributed by atoms with E-state index in [2.05, 4.69) is 26.1 Å². The van der Waals surface area contributed by atoms with Crippen molar-refractivity contribution in [2.24, 2.45) is 0 Å². The van der Waals surface area contributed by atoms with Gasteiger partial charge in [0, 0.05) is 32.2 Å². The third-order valence-electron chi connectivity index (χ3n) is 5.37.